The van der Waals surface area contributed by atoms with Gasteiger partial charge in [-0.3, -0.25) is 4.76 Å². The molecule has 0 amide bonds. The van der Waals surface area contributed by atoms with Gasteiger partial charge in [-0.2, -0.15) is 0 Å². The molecule has 0 saturated heterocycles. The molecule has 0 bridgehead atoms. The van der Waals surface area contributed by atoms with Gasteiger partial charge in [-0.1, -0.05) is 102 Å². The van der Waals surface area contributed by atoms with Crippen LogP contribution in [-0.4, -0.2) is 6.21 Å². The highest BCUT2D eigenvalue weighted by atomic mass is 35.5. The lowest BCUT2D eigenvalue weighted by molar-refractivity contribution is 1.66. The number of rotatable bonds is 4. The van der Waals surface area contributed by atoms with Gasteiger partial charge >= 0.3 is 0 Å². The average Bonchev–Trinajstić information content (AvgIpc) is 2.62. The molecule has 0 radical (unpaired) electrons. The zero-order chi connectivity index (χ0) is 16.1. The Morgan fingerprint density at radius 1 is 0.739 bits per heavy atom. The fraction of sp³-hybridized carbons (Fsp3) is 0. The van der Waals surface area contributed by atoms with Gasteiger partial charge in [0, 0.05) is 27.4 Å². The van der Waals surface area contributed by atoms with E-state index in [-0.39, 0.29) is 0 Å². The molecule has 0 heterocycles. The van der Waals surface area contributed by atoms with Crippen molar-refractivity contribution in [1.82, 2.24) is 0 Å². The Bertz CT molecular complexity index is 819. The van der Waals surface area contributed by atoms with Crippen molar-refractivity contribution in [3.63, 3.8) is 0 Å². The first-order chi connectivity index (χ1) is 11.2. The molecule has 114 valence electrons. The molecular weight excluding hydrogens is 341 g/mol. The Kier molecular flexibility index (Phi) is 5.07. The van der Waals surface area contributed by atoms with Crippen LogP contribution in [0.4, 0.5) is 0 Å². The number of halogens is 1. The minimum atomic E-state index is -2.27. The standard InChI is InChI=1S/C19H15ClNPS/c20-19-14-8-7-9-16(19)15-21-22(23,17-10-3-1-4-11-17)18-12-5-2-6-13-18/h1-15H/b21-15+. The first kappa shape index (κ1) is 16.1. The molecule has 3 aromatic carbocycles. The molecule has 3 rings (SSSR count). The number of nitrogens with zero attached hydrogens (tertiary/aromatic N) is 1. The predicted molar refractivity (Wildman–Crippen MR) is 105 cm³/mol. The van der Waals surface area contributed by atoms with E-state index >= 15 is 0 Å². The van der Waals surface area contributed by atoms with E-state index in [4.69, 9.17) is 28.2 Å². The van der Waals surface area contributed by atoms with Crippen molar-refractivity contribution < 1.29 is 0 Å². The smallest absolute Gasteiger partial charge is 0.112 e. The second-order valence-electron chi connectivity index (χ2n) is 5.01. The maximum atomic E-state index is 6.23. The molecule has 0 unspecified atom stereocenters. The van der Waals surface area contributed by atoms with E-state index < -0.39 is 6.19 Å². The number of hydrogen-bond donors (Lipinski definition) is 0. The molecule has 0 N–H and O–H groups in total. The van der Waals surface area contributed by atoms with Crippen LogP contribution in [0.2, 0.25) is 5.02 Å². The van der Waals surface area contributed by atoms with E-state index in [1.807, 2.05) is 66.9 Å². The lowest BCUT2D eigenvalue weighted by Gasteiger charge is -2.18. The molecule has 0 saturated carbocycles. The van der Waals surface area contributed by atoms with Gasteiger partial charge in [-0.05, 0) is 6.07 Å². The third-order valence-electron chi connectivity index (χ3n) is 3.48. The summed E-state index contributed by atoms with van der Waals surface area (Å²) in [6.07, 6.45) is -0.457. The summed E-state index contributed by atoms with van der Waals surface area (Å²) in [5, 5.41) is 2.83. The van der Waals surface area contributed by atoms with E-state index in [9.17, 15) is 0 Å². The molecule has 0 atom stereocenters. The third-order valence-corrected chi connectivity index (χ3v) is 7.81. The van der Waals surface area contributed by atoms with Gasteiger partial charge in [0.1, 0.15) is 6.19 Å². The van der Waals surface area contributed by atoms with Crippen molar-refractivity contribution in [2.24, 2.45) is 4.76 Å². The van der Waals surface area contributed by atoms with Crippen molar-refractivity contribution in [2.75, 3.05) is 0 Å². The van der Waals surface area contributed by atoms with E-state index in [2.05, 4.69) is 24.3 Å². The minimum Gasteiger partial charge on any atom is -0.250 e. The molecule has 23 heavy (non-hydrogen) atoms. The van der Waals surface area contributed by atoms with Gasteiger partial charge in [0.05, 0.1) is 0 Å². The molecule has 3 aromatic rings. The fourth-order valence-corrected chi connectivity index (χ4v) is 5.33. The Hall–Kier alpha value is -1.73. The van der Waals surface area contributed by atoms with Crippen LogP contribution >= 0.6 is 17.8 Å². The summed E-state index contributed by atoms with van der Waals surface area (Å²) in [7, 11) is 0. The average molecular weight is 356 g/mol. The lowest BCUT2D eigenvalue weighted by atomic mass is 10.2. The minimum absolute atomic E-state index is 0.680. The highest BCUT2D eigenvalue weighted by Crippen LogP contribution is 2.45. The first-order valence-electron chi connectivity index (χ1n) is 7.21. The van der Waals surface area contributed by atoms with Crippen LogP contribution in [-0.2, 0) is 11.8 Å². The van der Waals surface area contributed by atoms with Gasteiger partial charge in [0.2, 0.25) is 0 Å². The first-order valence-corrected chi connectivity index (χ1v) is 10.3. The number of hydrogen-bond acceptors (Lipinski definition) is 1. The molecule has 1 nitrogen and oxygen atoms in total. The Balaban J connectivity index is 2.11. The molecule has 4 heteroatoms. The van der Waals surface area contributed by atoms with Gasteiger partial charge in [-0.15, -0.1) is 0 Å². The Morgan fingerprint density at radius 2 is 1.22 bits per heavy atom. The van der Waals surface area contributed by atoms with Crippen LogP contribution in [0.25, 0.3) is 0 Å². The van der Waals surface area contributed by atoms with Crippen LogP contribution in [0.15, 0.2) is 89.7 Å². The Morgan fingerprint density at radius 3 is 1.74 bits per heavy atom. The van der Waals surface area contributed by atoms with Gasteiger partial charge in [0.15, 0.2) is 0 Å². The van der Waals surface area contributed by atoms with Crippen LogP contribution < -0.4 is 10.6 Å². The largest absolute Gasteiger partial charge is 0.250 e. The van der Waals surface area contributed by atoms with Crippen molar-refractivity contribution >= 4 is 46.4 Å². The Labute approximate surface area is 146 Å². The van der Waals surface area contributed by atoms with Gasteiger partial charge < -0.3 is 0 Å². The number of benzene rings is 3. The summed E-state index contributed by atoms with van der Waals surface area (Å²) in [6.45, 7) is 0. The van der Waals surface area contributed by atoms with Gasteiger partial charge in [0.25, 0.3) is 0 Å². The second-order valence-corrected chi connectivity index (χ2v) is 9.42. The van der Waals surface area contributed by atoms with Crippen molar-refractivity contribution in [1.29, 1.82) is 0 Å². The van der Waals surface area contributed by atoms with E-state index in [0.717, 1.165) is 16.2 Å². The molecular formula is C19H15ClNPS. The van der Waals surface area contributed by atoms with Crippen molar-refractivity contribution in [3.05, 3.63) is 95.5 Å². The fourth-order valence-electron chi connectivity index (χ4n) is 2.27. The zero-order valence-corrected chi connectivity index (χ0v) is 14.8. The van der Waals surface area contributed by atoms with Crippen LogP contribution in [0.3, 0.4) is 0 Å². The van der Waals surface area contributed by atoms with E-state index in [1.54, 1.807) is 0 Å². The summed E-state index contributed by atoms with van der Waals surface area (Å²) >= 11 is 12.3. The summed E-state index contributed by atoms with van der Waals surface area (Å²) in [5.74, 6) is 0. The molecule has 0 aliphatic rings. The second kappa shape index (κ2) is 7.23. The van der Waals surface area contributed by atoms with Crippen LogP contribution in [0, 0.1) is 0 Å². The normalized spacial score (nSPS) is 11.7. The van der Waals surface area contributed by atoms with Crippen molar-refractivity contribution in [2.45, 2.75) is 0 Å². The van der Waals surface area contributed by atoms with Crippen LogP contribution in [0.1, 0.15) is 5.56 Å². The maximum Gasteiger partial charge on any atom is 0.112 e. The topological polar surface area (TPSA) is 12.4 Å². The van der Waals surface area contributed by atoms with Crippen LogP contribution in [0.5, 0.6) is 0 Å². The quantitative estimate of drug-likeness (QED) is 0.483. The zero-order valence-electron chi connectivity index (χ0n) is 12.3. The third kappa shape index (κ3) is 3.61. The van der Waals surface area contributed by atoms with E-state index in [0.29, 0.717) is 5.02 Å². The SMILES string of the molecule is S=P(/N=C/c1ccccc1Cl)(c1ccccc1)c1ccccc1. The molecule has 0 aliphatic carbocycles. The summed E-state index contributed by atoms with van der Waals surface area (Å²) in [5.41, 5.74) is 0.884. The summed E-state index contributed by atoms with van der Waals surface area (Å²) in [4.78, 5) is 0. The van der Waals surface area contributed by atoms with Crippen molar-refractivity contribution in [3.8, 4) is 0 Å². The molecule has 0 aromatic heterocycles. The molecule has 0 aliphatic heterocycles. The summed E-state index contributed by atoms with van der Waals surface area (Å²) in [6, 6.07) is 27.9. The monoisotopic (exact) mass is 355 g/mol. The highest BCUT2D eigenvalue weighted by molar-refractivity contribution is 8.21. The predicted octanol–water partition coefficient (Wildman–Crippen LogP) is 4.80. The van der Waals surface area contributed by atoms with E-state index in [1.165, 1.54) is 0 Å². The lowest BCUT2D eigenvalue weighted by Crippen LogP contribution is -2.14. The highest BCUT2D eigenvalue weighted by Gasteiger charge is 2.20. The molecule has 0 spiro atoms. The maximum absolute atomic E-state index is 6.23. The van der Waals surface area contributed by atoms with Gasteiger partial charge in [-0.25, -0.2) is 0 Å². The molecule has 0 fully saturated rings. The summed E-state index contributed by atoms with van der Waals surface area (Å²) < 4.78 is 4.84.